The van der Waals surface area contributed by atoms with Crippen LogP contribution in [0, 0.1) is 0 Å². The number of carbonyl (C=O) groups is 1. The van der Waals surface area contributed by atoms with Crippen molar-refractivity contribution < 1.29 is 17.7 Å². The molecule has 0 saturated carbocycles. The number of pyridine rings is 1. The summed E-state index contributed by atoms with van der Waals surface area (Å²) in [6.45, 7) is 3.44. The molecule has 1 fully saturated rings. The van der Waals surface area contributed by atoms with Gasteiger partial charge in [0.15, 0.2) is 0 Å². The first-order chi connectivity index (χ1) is 16.7. The van der Waals surface area contributed by atoms with Gasteiger partial charge in [-0.15, -0.1) is 11.3 Å². The number of carbonyl (C=O) groups excluding carboxylic acids is 1. The van der Waals surface area contributed by atoms with Crippen molar-refractivity contribution in [1.29, 1.82) is 0 Å². The Morgan fingerprint density at radius 2 is 2.03 bits per heavy atom. The SMILES string of the molecule is CCc1nc(-c2cnc(N3CCN(C(=O)NS(=O)(=O)CC=Cc4ccc(Cl)s4)CC3)c(Cl)c2)no1. The lowest BCUT2D eigenvalue weighted by Gasteiger charge is -2.35. The molecule has 0 bridgehead atoms. The minimum absolute atomic E-state index is 0.315. The molecule has 1 aliphatic heterocycles. The maximum absolute atomic E-state index is 12.5. The van der Waals surface area contributed by atoms with Crippen molar-refractivity contribution >= 4 is 62.5 Å². The van der Waals surface area contributed by atoms with E-state index in [2.05, 4.69) is 19.8 Å². The highest BCUT2D eigenvalue weighted by Gasteiger charge is 2.26. The first kappa shape index (κ1) is 25.4. The van der Waals surface area contributed by atoms with E-state index in [0.717, 1.165) is 4.88 Å². The molecule has 0 aromatic carbocycles. The number of aromatic nitrogens is 3. The molecule has 10 nitrogen and oxygen atoms in total. The molecule has 0 atom stereocenters. The van der Waals surface area contributed by atoms with Crippen LogP contribution in [0.4, 0.5) is 10.6 Å². The average Bonchev–Trinajstić information content (AvgIpc) is 3.47. The van der Waals surface area contributed by atoms with Crippen LogP contribution in [0.3, 0.4) is 0 Å². The third kappa shape index (κ3) is 6.51. The normalized spacial score (nSPS) is 14.6. The molecular formula is C21H22Cl2N6O4S2. The number of hydrogen-bond acceptors (Lipinski definition) is 9. The number of halogens is 2. The Hall–Kier alpha value is -2.67. The number of amides is 2. The van der Waals surface area contributed by atoms with Crippen LogP contribution in [0.5, 0.6) is 0 Å². The Morgan fingerprint density at radius 1 is 1.26 bits per heavy atom. The van der Waals surface area contributed by atoms with E-state index in [9.17, 15) is 13.2 Å². The second-order valence-corrected chi connectivity index (χ2v) is 11.5. The molecule has 3 aromatic heterocycles. The average molecular weight is 557 g/mol. The lowest BCUT2D eigenvalue weighted by molar-refractivity contribution is 0.200. The van der Waals surface area contributed by atoms with Crippen LogP contribution in [0.25, 0.3) is 17.5 Å². The third-order valence-electron chi connectivity index (χ3n) is 5.15. The number of thiophene rings is 1. The quantitative estimate of drug-likeness (QED) is 0.464. The van der Waals surface area contributed by atoms with Crippen LogP contribution in [0.2, 0.25) is 9.36 Å². The van der Waals surface area contributed by atoms with Gasteiger partial charge in [0.2, 0.25) is 21.7 Å². The summed E-state index contributed by atoms with van der Waals surface area (Å²) in [4.78, 5) is 25.4. The molecular weight excluding hydrogens is 535 g/mol. The zero-order valence-electron chi connectivity index (χ0n) is 18.6. The largest absolute Gasteiger partial charge is 0.352 e. The fourth-order valence-electron chi connectivity index (χ4n) is 3.37. The van der Waals surface area contributed by atoms with Crippen molar-refractivity contribution in [3.8, 4) is 11.4 Å². The number of anilines is 1. The van der Waals surface area contributed by atoms with E-state index in [1.807, 2.05) is 11.8 Å². The maximum Gasteiger partial charge on any atom is 0.331 e. The second-order valence-electron chi connectivity index (χ2n) is 7.60. The highest BCUT2D eigenvalue weighted by molar-refractivity contribution is 7.90. The van der Waals surface area contributed by atoms with Gasteiger partial charge in [0.1, 0.15) is 5.82 Å². The smallest absolute Gasteiger partial charge is 0.331 e. The van der Waals surface area contributed by atoms with Crippen LogP contribution < -0.4 is 9.62 Å². The Kier molecular flexibility index (Phi) is 7.95. The summed E-state index contributed by atoms with van der Waals surface area (Å²) in [5, 5.41) is 4.35. The molecule has 1 N–H and O–H groups in total. The highest BCUT2D eigenvalue weighted by Crippen LogP contribution is 2.28. The summed E-state index contributed by atoms with van der Waals surface area (Å²) in [5.74, 6) is 1.20. The van der Waals surface area contributed by atoms with E-state index in [-0.39, 0.29) is 5.75 Å². The van der Waals surface area contributed by atoms with Crippen molar-refractivity contribution in [2.24, 2.45) is 0 Å². The monoisotopic (exact) mass is 556 g/mol. The zero-order valence-corrected chi connectivity index (χ0v) is 21.8. The molecule has 0 radical (unpaired) electrons. The molecule has 0 spiro atoms. The molecule has 0 unspecified atom stereocenters. The number of sulfonamides is 1. The van der Waals surface area contributed by atoms with Crippen LogP contribution in [-0.4, -0.2) is 66.4 Å². The first-order valence-corrected chi connectivity index (χ1v) is 13.9. The van der Waals surface area contributed by atoms with E-state index in [4.69, 9.17) is 27.7 Å². The number of nitrogens with zero attached hydrogens (tertiary/aromatic N) is 5. The highest BCUT2D eigenvalue weighted by atomic mass is 35.5. The van der Waals surface area contributed by atoms with E-state index in [1.165, 1.54) is 22.3 Å². The Labute approximate surface area is 216 Å². The summed E-state index contributed by atoms with van der Waals surface area (Å²) < 4.78 is 32.4. The minimum atomic E-state index is -3.82. The van der Waals surface area contributed by atoms with Gasteiger partial charge < -0.3 is 14.3 Å². The molecule has 4 rings (SSSR count). The van der Waals surface area contributed by atoms with E-state index in [0.29, 0.717) is 65.1 Å². The predicted octanol–water partition coefficient (Wildman–Crippen LogP) is 3.94. The number of nitrogens with one attached hydrogen (secondary N) is 1. The summed E-state index contributed by atoms with van der Waals surface area (Å²) in [6.07, 6.45) is 5.38. The predicted molar refractivity (Wildman–Crippen MR) is 136 cm³/mol. The summed E-state index contributed by atoms with van der Waals surface area (Å²) in [5.41, 5.74) is 0.640. The lowest BCUT2D eigenvalue weighted by atomic mass is 10.2. The van der Waals surface area contributed by atoms with Gasteiger partial charge in [-0.2, -0.15) is 4.98 Å². The molecule has 186 valence electrons. The number of urea groups is 1. The van der Waals surface area contributed by atoms with Crippen molar-refractivity contribution in [3.05, 3.63) is 50.6 Å². The van der Waals surface area contributed by atoms with Gasteiger partial charge in [-0.1, -0.05) is 41.4 Å². The maximum atomic E-state index is 12.5. The number of rotatable bonds is 7. The standard InChI is InChI=1S/C21H22Cl2N6O4S2/c1-2-18-25-19(26-33-18)14-12-16(22)20(24-13-14)28-7-9-29(10-8-28)21(30)27-35(31,32)11-3-4-15-5-6-17(23)34-15/h3-6,12-13H,2,7-11H2,1H3,(H,27,30). The molecule has 1 aliphatic rings. The number of hydrogen-bond donors (Lipinski definition) is 1. The van der Waals surface area contributed by atoms with Crippen molar-refractivity contribution in [2.75, 3.05) is 36.8 Å². The van der Waals surface area contributed by atoms with E-state index in [1.54, 1.807) is 30.5 Å². The van der Waals surface area contributed by atoms with Crippen LogP contribution in [-0.2, 0) is 16.4 Å². The van der Waals surface area contributed by atoms with Crippen molar-refractivity contribution in [1.82, 2.24) is 24.7 Å². The Bertz CT molecular complexity index is 1330. The minimum Gasteiger partial charge on any atom is -0.352 e. The summed E-state index contributed by atoms with van der Waals surface area (Å²) in [6, 6.07) is 4.58. The van der Waals surface area contributed by atoms with Crippen LogP contribution in [0.1, 0.15) is 17.7 Å². The first-order valence-electron chi connectivity index (χ1n) is 10.7. The number of piperazine rings is 1. The van der Waals surface area contributed by atoms with E-state index < -0.39 is 16.1 Å². The second kappa shape index (κ2) is 10.9. The van der Waals surface area contributed by atoms with Gasteiger partial charge in [-0.05, 0) is 24.3 Å². The van der Waals surface area contributed by atoms with Crippen LogP contribution >= 0.6 is 34.5 Å². The van der Waals surface area contributed by atoms with Crippen molar-refractivity contribution in [2.45, 2.75) is 13.3 Å². The molecule has 2 amide bonds. The Morgan fingerprint density at radius 3 is 2.66 bits per heavy atom. The van der Waals surface area contributed by atoms with Gasteiger partial charge in [0.25, 0.3) is 0 Å². The Balaban J connectivity index is 1.30. The zero-order chi connectivity index (χ0) is 25.0. The lowest BCUT2D eigenvalue weighted by Crippen LogP contribution is -2.53. The van der Waals surface area contributed by atoms with Gasteiger partial charge in [-0.3, -0.25) is 0 Å². The van der Waals surface area contributed by atoms with Gasteiger partial charge in [0.05, 0.1) is 15.1 Å². The third-order valence-corrected chi connectivity index (χ3v) is 7.74. The fraction of sp³-hybridized carbons (Fsp3) is 0.333. The molecule has 14 heteroatoms. The number of aryl methyl sites for hydroxylation is 1. The molecule has 3 aromatic rings. The summed E-state index contributed by atoms with van der Waals surface area (Å²) >= 11 is 13.7. The van der Waals surface area contributed by atoms with E-state index >= 15 is 0 Å². The van der Waals surface area contributed by atoms with Gasteiger partial charge in [0, 0.05) is 49.2 Å². The topological polar surface area (TPSA) is 122 Å². The molecule has 0 aliphatic carbocycles. The van der Waals surface area contributed by atoms with Gasteiger partial charge >= 0.3 is 6.03 Å². The fourth-order valence-corrected chi connectivity index (χ4v) is 5.48. The summed E-state index contributed by atoms with van der Waals surface area (Å²) in [7, 11) is -3.82. The van der Waals surface area contributed by atoms with Gasteiger partial charge in [-0.25, -0.2) is 22.9 Å². The molecule has 4 heterocycles. The molecule has 1 saturated heterocycles. The molecule has 35 heavy (non-hydrogen) atoms. The van der Waals surface area contributed by atoms with Crippen LogP contribution in [0.15, 0.2) is 35.0 Å². The van der Waals surface area contributed by atoms with Crippen molar-refractivity contribution in [3.63, 3.8) is 0 Å².